The summed E-state index contributed by atoms with van der Waals surface area (Å²) >= 11 is 6.64. The summed E-state index contributed by atoms with van der Waals surface area (Å²) in [6.07, 6.45) is 5.97. The number of sulfonamides is 1. The van der Waals surface area contributed by atoms with E-state index in [2.05, 4.69) is 16.6 Å². The smallest absolute Gasteiger partial charge is 0.232 e. The summed E-state index contributed by atoms with van der Waals surface area (Å²) < 4.78 is 27.0. The van der Waals surface area contributed by atoms with Gasteiger partial charge in [0, 0.05) is 6.54 Å². The summed E-state index contributed by atoms with van der Waals surface area (Å²) in [7, 11) is -3.43. The van der Waals surface area contributed by atoms with E-state index in [4.69, 9.17) is 11.6 Å². The summed E-state index contributed by atoms with van der Waals surface area (Å²) in [6.45, 7) is 2.74. The molecule has 0 saturated heterocycles. The highest BCUT2D eigenvalue weighted by Crippen LogP contribution is 2.28. The Hall–Kier alpha value is -0.170. The maximum absolute atomic E-state index is 12.0. The molecule has 1 aromatic heterocycles. The van der Waals surface area contributed by atoms with E-state index in [1.165, 1.54) is 19.0 Å². The first-order chi connectivity index (χ1) is 8.47. The van der Waals surface area contributed by atoms with Crippen LogP contribution in [0, 0.1) is 11.8 Å². The number of rotatable bonds is 4. The van der Waals surface area contributed by atoms with Crippen LogP contribution in [0.2, 0.25) is 4.47 Å². The molecule has 1 aliphatic carbocycles. The zero-order valence-electron chi connectivity index (χ0n) is 10.2. The highest BCUT2D eigenvalue weighted by atomic mass is 35.5. The van der Waals surface area contributed by atoms with E-state index >= 15 is 0 Å². The summed E-state index contributed by atoms with van der Waals surface area (Å²) in [6, 6.07) is 0. The van der Waals surface area contributed by atoms with Crippen LogP contribution in [0.1, 0.15) is 32.6 Å². The minimum atomic E-state index is -3.43. The number of hydrogen-bond acceptors (Lipinski definition) is 4. The van der Waals surface area contributed by atoms with Crippen LogP contribution in [-0.4, -0.2) is 19.9 Å². The van der Waals surface area contributed by atoms with Gasteiger partial charge in [-0.2, -0.15) is 0 Å². The number of nitrogens with one attached hydrogen (secondary N) is 1. The minimum Gasteiger partial charge on any atom is -0.232 e. The standard InChI is InChI=1S/C11H17ClN2O2S2/c1-8-3-2-4-9(5-8)6-14-18(15,16)10-7-13-11(12)17-10/h7-9,14H,2-6H2,1H3. The van der Waals surface area contributed by atoms with Gasteiger partial charge in [-0.25, -0.2) is 18.1 Å². The number of hydrogen-bond donors (Lipinski definition) is 1. The molecule has 7 heteroatoms. The molecule has 2 atom stereocenters. The molecule has 0 aromatic carbocycles. The van der Waals surface area contributed by atoms with Crippen LogP contribution in [0.3, 0.4) is 0 Å². The molecule has 102 valence electrons. The third kappa shape index (κ3) is 3.66. The normalized spacial score (nSPS) is 25.2. The van der Waals surface area contributed by atoms with E-state index in [1.54, 1.807) is 0 Å². The average Bonchev–Trinajstić information content (AvgIpc) is 2.74. The number of halogens is 1. The van der Waals surface area contributed by atoms with Gasteiger partial charge in [0.25, 0.3) is 10.0 Å². The van der Waals surface area contributed by atoms with Crippen molar-refractivity contribution in [1.29, 1.82) is 0 Å². The quantitative estimate of drug-likeness (QED) is 0.930. The molecule has 1 fully saturated rings. The molecule has 1 aliphatic rings. The van der Waals surface area contributed by atoms with Crippen molar-refractivity contribution >= 4 is 33.0 Å². The van der Waals surface area contributed by atoms with Gasteiger partial charge in [0.05, 0.1) is 6.20 Å². The largest absolute Gasteiger partial charge is 0.251 e. The summed E-state index contributed by atoms with van der Waals surface area (Å²) in [5, 5.41) is 0. The lowest BCUT2D eigenvalue weighted by Crippen LogP contribution is -2.31. The fraction of sp³-hybridized carbons (Fsp3) is 0.727. The predicted octanol–water partition coefficient (Wildman–Crippen LogP) is 2.90. The molecule has 18 heavy (non-hydrogen) atoms. The van der Waals surface area contributed by atoms with Crippen molar-refractivity contribution in [3.8, 4) is 0 Å². The van der Waals surface area contributed by atoms with Crippen molar-refractivity contribution < 1.29 is 8.42 Å². The molecular weight excluding hydrogens is 292 g/mol. The predicted molar refractivity (Wildman–Crippen MR) is 73.4 cm³/mol. The van der Waals surface area contributed by atoms with Crippen molar-refractivity contribution in [3.63, 3.8) is 0 Å². The van der Waals surface area contributed by atoms with Gasteiger partial charge in [-0.15, -0.1) is 0 Å². The number of nitrogens with zero attached hydrogens (tertiary/aromatic N) is 1. The van der Waals surface area contributed by atoms with Gasteiger partial charge in [-0.3, -0.25) is 0 Å². The summed E-state index contributed by atoms with van der Waals surface area (Å²) in [5.74, 6) is 1.15. The molecule has 0 aliphatic heterocycles. The van der Waals surface area contributed by atoms with Crippen molar-refractivity contribution in [2.24, 2.45) is 11.8 Å². The van der Waals surface area contributed by atoms with Gasteiger partial charge in [-0.05, 0) is 24.7 Å². The molecule has 1 saturated carbocycles. The van der Waals surface area contributed by atoms with Gasteiger partial charge >= 0.3 is 0 Å². The van der Waals surface area contributed by atoms with Crippen LogP contribution >= 0.6 is 22.9 Å². The Balaban J connectivity index is 1.93. The van der Waals surface area contributed by atoms with Crippen LogP contribution in [0.25, 0.3) is 0 Å². The van der Waals surface area contributed by atoms with Crippen LogP contribution in [-0.2, 0) is 10.0 Å². The fourth-order valence-electron chi connectivity index (χ4n) is 2.41. The second-order valence-electron chi connectivity index (χ2n) is 4.92. The SMILES string of the molecule is CC1CCCC(CNS(=O)(=O)c2cnc(Cl)s2)C1. The molecule has 0 bridgehead atoms. The zero-order chi connectivity index (χ0) is 13.2. The topological polar surface area (TPSA) is 59.1 Å². The first-order valence-corrected chi connectivity index (χ1v) is 8.76. The molecule has 1 heterocycles. The Morgan fingerprint density at radius 1 is 1.56 bits per heavy atom. The Bertz CT molecular complexity index is 501. The highest BCUT2D eigenvalue weighted by molar-refractivity contribution is 7.91. The third-order valence-corrected chi connectivity index (χ3v) is 6.33. The molecule has 2 unspecified atom stereocenters. The first kappa shape index (κ1) is 14.2. The Morgan fingerprint density at radius 2 is 2.33 bits per heavy atom. The van der Waals surface area contributed by atoms with Gasteiger partial charge in [0.15, 0.2) is 8.68 Å². The van der Waals surface area contributed by atoms with Crippen molar-refractivity contribution in [1.82, 2.24) is 9.71 Å². The van der Waals surface area contributed by atoms with Crippen LogP contribution < -0.4 is 4.72 Å². The maximum Gasteiger partial charge on any atom is 0.251 e. The molecule has 2 rings (SSSR count). The van der Waals surface area contributed by atoms with Crippen LogP contribution in [0.15, 0.2) is 10.4 Å². The second kappa shape index (κ2) is 5.86. The van der Waals surface area contributed by atoms with Crippen molar-refractivity contribution in [2.45, 2.75) is 36.8 Å². The van der Waals surface area contributed by atoms with Gasteiger partial charge in [0.1, 0.15) is 0 Å². The van der Waals surface area contributed by atoms with E-state index in [1.807, 2.05) is 0 Å². The Morgan fingerprint density at radius 3 is 2.94 bits per heavy atom. The van der Waals surface area contributed by atoms with E-state index in [-0.39, 0.29) is 8.68 Å². The third-order valence-electron chi connectivity index (χ3n) is 3.33. The number of thiazole rings is 1. The Labute approximate surface area is 117 Å². The molecule has 0 radical (unpaired) electrons. The summed E-state index contributed by atoms with van der Waals surface area (Å²) in [4.78, 5) is 3.75. The molecule has 0 spiro atoms. The summed E-state index contributed by atoms with van der Waals surface area (Å²) in [5.41, 5.74) is 0. The molecule has 0 amide bonds. The van der Waals surface area contributed by atoms with E-state index in [9.17, 15) is 8.42 Å². The lowest BCUT2D eigenvalue weighted by molar-refractivity contribution is 0.283. The molecule has 4 nitrogen and oxygen atoms in total. The molecular formula is C11H17ClN2O2S2. The fourth-order valence-corrected chi connectivity index (χ4v) is 4.86. The monoisotopic (exact) mass is 308 g/mol. The molecule has 1 N–H and O–H groups in total. The maximum atomic E-state index is 12.0. The van der Waals surface area contributed by atoms with Crippen molar-refractivity contribution in [2.75, 3.05) is 6.54 Å². The van der Waals surface area contributed by atoms with E-state index in [0.717, 1.165) is 24.2 Å². The lowest BCUT2D eigenvalue weighted by Gasteiger charge is -2.26. The van der Waals surface area contributed by atoms with Crippen LogP contribution in [0.4, 0.5) is 0 Å². The Kier molecular flexibility index (Phi) is 4.64. The van der Waals surface area contributed by atoms with Gasteiger partial charge in [0.2, 0.25) is 0 Å². The van der Waals surface area contributed by atoms with E-state index in [0.29, 0.717) is 18.4 Å². The average molecular weight is 309 g/mol. The van der Waals surface area contributed by atoms with Gasteiger partial charge < -0.3 is 0 Å². The number of aromatic nitrogens is 1. The minimum absolute atomic E-state index is 0.191. The first-order valence-electron chi connectivity index (χ1n) is 6.08. The highest BCUT2D eigenvalue weighted by Gasteiger charge is 2.22. The zero-order valence-corrected chi connectivity index (χ0v) is 12.6. The van der Waals surface area contributed by atoms with Gasteiger partial charge in [-0.1, -0.05) is 42.7 Å². The molecule has 1 aromatic rings. The second-order valence-corrected chi connectivity index (χ2v) is 8.53. The van der Waals surface area contributed by atoms with Crippen molar-refractivity contribution in [3.05, 3.63) is 10.7 Å². The van der Waals surface area contributed by atoms with E-state index < -0.39 is 10.0 Å². The van der Waals surface area contributed by atoms with Crippen LogP contribution in [0.5, 0.6) is 0 Å². The lowest BCUT2D eigenvalue weighted by atomic mass is 9.83.